The van der Waals surface area contributed by atoms with Crippen LogP contribution in [0.1, 0.15) is 15.9 Å². The molecule has 3 N–H and O–H groups in total. The van der Waals surface area contributed by atoms with Crippen molar-refractivity contribution in [1.82, 2.24) is 4.98 Å². The van der Waals surface area contributed by atoms with Crippen LogP contribution in [0, 0.1) is 0 Å². The van der Waals surface area contributed by atoms with E-state index < -0.39 is 0 Å². The van der Waals surface area contributed by atoms with E-state index in [4.69, 9.17) is 5.73 Å². The second-order valence-corrected chi connectivity index (χ2v) is 3.24. The number of carbonyl (C=O) groups excluding carboxylic acids is 1. The Morgan fingerprint density at radius 2 is 2.29 bits per heavy atom. The standard InChI is InChI=1S/C11H12N2O/c12-5-4-8-6-13-11-9(7-14)2-1-3-10(8)11/h1-3,6-7,13H,4-5,12H2. The summed E-state index contributed by atoms with van der Waals surface area (Å²) in [6.45, 7) is 0.623. The van der Waals surface area contributed by atoms with Gasteiger partial charge in [-0.25, -0.2) is 0 Å². The topological polar surface area (TPSA) is 58.9 Å². The maximum Gasteiger partial charge on any atom is 0.152 e. The lowest BCUT2D eigenvalue weighted by Crippen LogP contribution is -2.01. The normalized spacial score (nSPS) is 10.6. The van der Waals surface area contributed by atoms with E-state index in [0.717, 1.165) is 23.6 Å². The first-order chi connectivity index (χ1) is 6.86. The first-order valence-corrected chi connectivity index (χ1v) is 4.61. The van der Waals surface area contributed by atoms with Crippen molar-refractivity contribution in [2.45, 2.75) is 6.42 Å². The fourth-order valence-electron chi connectivity index (χ4n) is 1.70. The van der Waals surface area contributed by atoms with Crippen LogP contribution < -0.4 is 5.73 Å². The number of hydrogen-bond acceptors (Lipinski definition) is 2. The first-order valence-electron chi connectivity index (χ1n) is 4.61. The van der Waals surface area contributed by atoms with Crippen LogP contribution in [0.5, 0.6) is 0 Å². The lowest BCUT2D eigenvalue weighted by atomic mass is 10.1. The Morgan fingerprint density at radius 3 is 3.00 bits per heavy atom. The van der Waals surface area contributed by atoms with Crippen LogP contribution in [0.25, 0.3) is 10.9 Å². The van der Waals surface area contributed by atoms with E-state index in [-0.39, 0.29) is 0 Å². The highest BCUT2D eigenvalue weighted by Gasteiger charge is 2.05. The maximum absolute atomic E-state index is 10.7. The zero-order valence-electron chi connectivity index (χ0n) is 7.79. The van der Waals surface area contributed by atoms with Gasteiger partial charge in [0.25, 0.3) is 0 Å². The van der Waals surface area contributed by atoms with Crippen molar-refractivity contribution in [3.05, 3.63) is 35.5 Å². The summed E-state index contributed by atoms with van der Waals surface area (Å²) in [5.74, 6) is 0. The molecule has 72 valence electrons. The Hall–Kier alpha value is -1.61. The molecule has 0 aliphatic heterocycles. The van der Waals surface area contributed by atoms with E-state index in [2.05, 4.69) is 4.98 Å². The second kappa shape index (κ2) is 3.64. The molecule has 2 rings (SSSR count). The molecule has 0 bridgehead atoms. The Morgan fingerprint density at radius 1 is 1.43 bits per heavy atom. The molecule has 1 aromatic carbocycles. The Bertz CT molecular complexity index is 459. The number of para-hydroxylation sites is 1. The summed E-state index contributed by atoms with van der Waals surface area (Å²) in [7, 11) is 0. The van der Waals surface area contributed by atoms with Crippen LogP contribution in [-0.2, 0) is 6.42 Å². The molecule has 14 heavy (non-hydrogen) atoms. The van der Waals surface area contributed by atoms with Crippen molar-refractivity contribution < 1.29 is 4.79 Å². The van der Waals surface area contributed by atoms with Crippen molar-refractivity contribution in [3.63, 3.8) is 0 Å². The molecule has 0 saturated heterocycles. The summed E-state index contributed by atoms with van der Waals surface area (Å²) in [6, 6.07) is 5.70. The van der Waals surface area contributed by atoms with Gasteiger partial charge in [-0.2, -0.15) is 0 Å². The highest BCUT2D eigenvalue weighted by atomic mass is 16.1. The molecule has 0 spiro atoms. The van der Waals surface area contributed by atoms with Gasteiger partial charge in [0.05, 0.1) is 5.52 Å². The Labute approximate surface area is 81.9 Å². The van der Waals surface area contributed by atoms with E-state index in [1.54, 1.807) is 6.07 Å². The molecule has 3 heteroatoms. The average Bonchev–Trinajstić information content (AvgIpc) is 2.62. The quantitative estimate of drug-likeness (QED) is 0.717. The lowest BCUT2D eigenvalue weighted by molar-refractivity contribution is 0.112. The van der Waals surface area contributed by atoms with E-state index in [9.17, 15) is 4.79 Å². The number of rotatable bonds is 3. The van der Waals surface area contributed by atoms with E-state index >= 15 is 0 Å². The maximum atomic E-state index is 10.7. The lowest BCUT2D eigenvalue weighted by Gasteiger charge is -1.96. The molecular weight excluding hydrogens is 176 g/mol. The number of hydrogen-bond donors (Lipinski definition) is 2. The number of carbonyl (C=O) groups is 1. The van der Waals surface area contributed by atoms with Crippen molar-refractivity contribution in [2.24, 2.45) is 5.73 Å². The average molecular weight is 188 g/mol. The van der Waals surface area contributed by atoms with Gasteiger partial charge in [0.2, 0.25) is 0 Å². The first kappa shape index (κ1) is 8.97. The third kappa shape index (κ3) is 1.32. The number of benzene rings is 1. The van der Waals surface area contributed by atoms with Crippen molar-refractivity contribution in [1.29, 1.82) is 0 Å². The number of H-pyrrole nitrogens is 1. The van der Waals surface area contributed by atoms with E-state index in [0.29, 0.717) is 12.1 Å². The van der Waals surface area contributed by atoms with Gasteiger partial charge in [-0.1, -0.05) is 12.1 Å². The monoisotopic (exact) mass is 188 g/mol. The van der Waals surface area contributed by atoms with Gasteiger partial charge >= 0.3 is 0 Å². The molecule has 0 amide bonds. The van der Waals surface area contributed by atoms with E-state index in [1.807, 2.05) is 18.3 Å². The van der Waals surface area contributed by atoms with Gasteiger partial charge in [0, 0.05) is 17.1 Å². The Kier molecular flexibility index (Phi) is 2.33. The third-order valence-electron chi connectivity index (χ3n) is 2.37. The fraction of sp³-hybridized carbons (Fsp3) is 0.182. The molecule has 1 aromatic heterocycles. The molecule has 0 aliphatic rings. The number of nitrogens with one attached hydrogen (secondary N) is 1. The minimum absolute atomic E-state index is 0.623. The summed E-state index contributed by atoms with van der Waals surface area (Å²) in [6.07, 6.45) is 3.62. The molecule has 0 fully saturated rings. The molecule has 0 saturated carbocycles. The van der Waals surface area contributed by atoms with Crippen LogP contribution in [-0.4, -0.2) is 17.8 Å². The Balaban J connectivity index is 2.63. The van der Waals surface area contributed by atoms with Crippen molar-refractivity contribution in [3.8, 4) is 0 Å². The molecule has 0 radical (unpaired) electrons. The molecule has 3 nitrogen and oxygen atoms in total. The van der Waals surface area contributed by atoms with Crippen molar-refractivity contribution >= 4 is 17.2 Å². The third-order valence-corrected chi connectivity index (χ3v) is 2.37. The number of aldehydes is 1. The summed E-state index contributed by atoms with van der Waals surface area (Å²) in [5, 5.41) is 1.10. The predicted molar refractivity (Wildman–Crippen MR) is 56.4 cm³/mol. The highest BCUT2D eigenvalue weighted by molar-refractivity contribution is 5.97. The SMILES string of the molecule is NCCc1c[nH]c2c(C=O)cccc12. The molecule has 1 heterocycles. The van der Waals surface area contributed by atoms with Gasteiger partial charge in [0.1, 0.15) is 0 Å². The predicted octanol–water partition coefficient (Wildman–Crippen LogP) is 1.48. The zero-order valence-corrected chi connectivity index (χ0v) is 7.79. The molecule has 0 unspecified atom stereocenters. The molecular formula is C11H12N2O. The van der Waals surface area contributed by atoms with Crippen LogP contribution in [0.2, 0.25) is 0 Å². The van der Waals surface area contributed by atoms with Crippen LogP contribution >= 0.6 is 0 Å². The number of aromatic amines is 1. The smallest absolute Gasteiger partial charge is 0.152 e. The van der Waals surface area contributed by atoms with Gasteiger partial charge in [0.15, 0.2) is 6.29 Å². The summed E-state index contributed by atoms with van der Waals surface area (Å²) < 4.78 is 0. The molecule has 0 atom stereocenters. The van der Waals surface area contributed by atoms with E-state index in [1.165, 1.54) is 5.56 Å². The second-order valence-electron chi connectivity index (χ2n) is 3.24. The van der Waals surface area contributed by atoms with Crippen LogP contribution in [0.3, 0.4) is 0 Å². The largest absolute Gasteiger partial charge is 0.360 e. The minimum Gasteiger partial charge on any atom is -0.360 e. The zero-order chi connectivity index (χ0) is 9.97. The number of fused-ring (bicyclic) bond motifs is 1. The van der Waals surface area contributed by atoms with Gasteiger partial charge < -0.3 is 10.7 Å². The van der Waals surface area contributed by atoms with Crippen LogP contribution in [0.15, 0.2) is 24.4 Å². The van der Waals surface area contributed by atoms with Gasteiger partial charge in [-0.05, 0) is 24.6 Å². The molecule has 0 aliphatic carbocycles. The van der Waals surface area contributed by atoms with Crippen LogP contribution in [0.4, 0.5) is 0 Å². The van der Waals surface area contributed by atoms with Gasteiger partial charge in [-0.3, -0.25) is 4.79 Å². The number of nitrogens with two attached hydrogens (primary N) is 1. The van der Waals surface area contributed by atoms with Gasteiger partial charge in [-0.15, -0.1) is 0 Å². The fourth-order valence-corrected chi connectivity index (χ4v) is 1.70. The minimum atomic E-state index is 0.623. The highest BCUT2D eigenvalue weighted by Crippen LogP contribution is 2.20. The summed E-state index contributed by atoms with van der Waals surface area (Å²) >= 11 is 0. The summed E-state index contributed by atoms with van der Waals surface area (Å²) in [5.41, 5.74) is 8.28. The number of aromatic nitrogens is 1. The van der Waals surface area contributed by atoms with Crippen molar-refractivity contribution in [2.75, 3.05) is 6.54 Å². The summed E-state index contributed by atoms with van der Waals surface area (Å²) in [4.78, 5) is 13.8. The molecule has 2 aromatic rings.